The Morgan fingerprint density at radius 3 is 2.74 bits per heavy atom. The van der Waals surface area contributed by atoms with Crippen molar-refractivity contribution in [2.45, 2.75) is 38.5 Å². The molecular formula is C16H21ClO2. The molecule has 0 spiro atoms. The number of benzene rings is 1. The van der Waals surface area contributed by atoms with Gasteiger partial charge in [0.2, 0.25) is 0 Å². The summed E-state index contributed by atoms with van der Waals surface area (Å²) in [6.45, 7) is 0. The quantitative estimate of drug-likeness (QED) is 0.606. The van der Waals surface area contributed by atoms with Crippen molar-refractivity contribution in [3.05, 3.63) is 29.3 Å². The molecule has 0 saturated heterocycles. The van der Waals surface area contributed by atoms with Gasteiger partial charge in [0.15, 0.2) is 0 Å². The molecule has 2 nitrogen and oxygen atoms in total. The fraction of sp³-hybridized carbons (Fsp3) is 0.562. The molecule has 0 heterocycles. The lowest BCUT2D eigenvalue weighted by Crippen LogP contribution is -2.14. The van der Waals surface area contributed by atoms with Gasteiger partial charge in [0, 0.05) is 18.2 Å². The highest BCUT2D eigenvalue weighted by atomic mass is 35.5. The molecular weight excluding hydrogens is 260 g/mol. The minimum absolute atomic E-state index is 0.210. The summed E-state index contributed by atoms with van der Waals surface area (Å²) in [6.07, 6.45) is 5.34. The van der Waals surface area contributed by atoms with Crippen LogP contribution in [0.15, 0.2) is 18.2 Å². The SMILES string of the molecule is COc1ccc2c(c1)CCC(C(=O)CCCCl)CC2. The van der Waals surface area contributed by atoms with Crippen molar-refractivity contribution in [2.24, 2.45) is 5.92 Å². The van der Waals surface area contributed by atoms with Crippen LogP contribution in [-0.4, -0.2) is 18.8 Å². The minimum atomic E-state index is 0.210. The predicted molar refractivity (Wildman–Crippen MR) is 78.1 cm³/mol. The van der Waals surface area contributed by atoms with Gasteiger partial charge in [-0.2, -0.15) is 0 Å². The van der Waals surface area contributed by atoms with Gasteiger partial charge in [-0.05, 0) is 55.4 Å². The second-order valence-electron chi connectivity index (χ2n) is 5.17. The zero-order chi connectivity index (χ0) is 13.7. The van der Waals surface area contributed by atoms with Gasteiger partial charge in [-0.15, -0.1) is 11.6 Å². The van der Waals surface area contributed by atoms with Gasteiger partial charge >= 0.3 is 0 Å². The molecule has 104 valence electrons. The zero-order valence-electron chi connectivity index (χ0n) is 11.5. The molecule has 0 amide bonds. The minimum Gasteiger partial charge on any atom is -0.497 e. The number of ketones is 1. The Morgan fingerprint density at radius 1 is 1.32 bits per heavy atom. The van der Waals surface area contributed by atoms with Crippen LogP contribution in [0.5, 0.6) is 5.75 Å². The van der Waals surface area contributed by atoms with Crippen LogP contribution < -0.4 is 4.74 Å². The molecule has 19 heavy (non-hydrogen) atoms. The van der Waals surface area contributed by atoms with E-state index in [0.717, 1.165) is 37.9 Å². The van der Waals surface area contributed by atoms with E-state index in [1.54, 1.807) is 7.11 Å². The van der Waals surface area contributed by atoms with Crippen LogP contribution in [-0.2, 0) is 17.6 Å². The average molecular weight is 281 g/mol. The summed E-state index contributed by atoms with van der Waals surface area (Å²) >= 11 is 5.66. The third kappa shape index (κ3) is 3.73. The molecule has 1 aliphatic carbocycles. The van der Waals surface area contributed by atoms with Crippen LogP contribution in [0.1, 0.15) is 36.8 Å². The highest BCUT2D eigenvalue weighted by Crippen LogP contribution is 2.28. The van der Waals surface area contributed by atoms with Gasteiger partial charge < -0.3 is 4.74 Å². The standard InChI is InChI=1S/C16H21ClO2/c1-19-15-9-8-12-4-5-13(6-7-14(12)11-15)16(18)3-2-10-17/h8-9,11,13H,2-7,10H2,1H3. The predicted octanol–water partition coefficient (Wildman–Crippen LogP) is 3.78. The second-order valence-corrected chi connectivity index (χ2v) is 5.55. The number of aryl methyl sites for hydroxylation is 2. The van der Waals surface area contributed by atoms with Crippen molar-refractivity contribution >= 4 is 17.4 Å². The fourth-order valence-electron chi connectivity index (χ4n) is 2.78. The summed E-state index contributed by atoms with van der Waals surface area (Å²) in [4.78, 5) is 12.1. The Morgan fingerprint density at radius 2 is 2.05 bits per heavy atom. The molecule has 2 rings (SSSR count). The zero-order valence-corrected chi connectivity index (χ0v) is 12.2. The van der Waals surface area contributed by atoms with Crippen molar-refractivity contribution in [1.29, 1.82) is 0 Å². The van der Waals surface area contributed by atoms with Crippen LogP contribution in [0.3, 0.4) is 0 Å². The van der Waals surface area contributed by atoms with Crippen molar-refractivity contribution in [2.75, 3.05) is 13.0 Å². The first-order chi connectivity index (χ1) is 9.24. The maximum atomic E-state index is 12.1. The smallest absolute Gasteiger partial charge is 0.136 e. The van der Waals surface area contributed by atoms with E-state index >= 15 is 0 Å². The molecule has 1 atom stereocenters. The first-order valence-corrected chi connectivity index (χ1v) is 7.52. The number of fused-ring (bicyclic) bond motifs is 1. The highest BCUT2D eigenvalue weighted by molar-refractivity contribution is 6.17. The highest BCUT2D eigenvalue weighted by Gasteiger charge is 2.22. The molecule has 0 fully saturated rings. The van der Waals surface area contributed by atoms with Crippen molar-refractivity contribution in [3.63, 3.8) is 0 Å². The van der Waals surface area contributed by atoms with Gasteiger partial charge in [0.05, 0.1) is 7.11 Å². The topological polar surface area (TPSA) is 26.3 Å². The Labute approximate surface area is 120 Å². The maximum Gasteiger partial charge on any atom is 0.136 e. The molecule has 1 unspecified atom stereocenters. The lowest BCUT2D eigenvalue weighted by Gasteiger charge is -2.11. The van der Waals surface area contributed by atoms with Crippen molar-refractivity contribution in [1.82, 2.24) is 0 Å². The molecule has 1 aromatic rings. The number of carbonyl (C=O) groups is 1. The number of hydrogen-bond donors (Lipinski definition) is 0. The van der Waals surface area contributed by atoms with E-state index in [1.807, 2.05) is 6.07 Å². The van der Waals surface area contributed by atoms with Gasteiger partial charge in [0.25, 0.3) is 0 Å². The first kappa shape index (κ1) is 14.4. The van der Waals surface area contributed by atoms with Crippen LogP contribution in [0.4, 0.5) is 0 Å². The normalized spacial score (nSPS) is 18.5. The average Bonchev–Trinajstić information content (AvgIpc) is 2.66. The van der Waals surface area contributed by atoms with Crippen molar-refractivity contribution < 1.29 is 9.53 Å². The van der Waals surface area contributed by atoms with E-state index in [-0.39, 0.29) is 5.92 Å². The summed E-state index contributed by atoms with van der Waals surface area (Å²) < 4.78 is 5.27. The molecule has 0 bridgehead atoms. The first-order valence-electron chi connectivity index (χ1n) is 6.99. The molecule has 3 heteroatoms. The Balaban J connectivity index is 2.02. The molecule has 0 radical (unpaired) electrons. The molecule has 1 aliphatic rings. The lowest BCUT2D eigenvalue weighted by molar-refractivity contribution is -0.123. The number of Topliss-reactive ketones (excluding diaryl/α,β-unsaturated/α-hetero) is 1. The monoisotopic (exact) mass is 280 g/mol. The van der Waals surface area contributed by atoms with E-state index < -0.39 is 0 Å². The Hall–Kier alpha value is -1.02. The number of alkyl halides is 1. The number of hydrogen-bond acceptors (Lipinski definition) is 2. The van der Waals surface area contributed by atoms with E-state index in [1.165, 1.54) is 11.1 Å². The third-order valence-corrected chi connectivity index (χ3v) is 4.22. The van der Waals surface area contributed by atoms with Gasteiger partial charge in [-0.3, -0.25) is 4.79 Å². The fourth-order valence-corrected chi connectivity index (χ4v) is 2.91. The number of methoxy groups -OCH3 is 1. The van der Waals surface area contributed by atoms with Crippen LogP contribution in [0.2, 0.25) is 0 Å². The van der Waals surface area contributed by atoms with E-state index in [0.29, 0.717) is 18.1 Å². The van der Waals surface area contributed by atoms with E-state index in [9.17, 15) is 4.79 Å². The second kappa shape index (κ2) is 6.95. The van der Waals surface area contributed by atoms with Crippen LogP contribution >= 0.6 is 11.6 Å². The number of ether oxygens (including phenoxy) is 1. The van der Waals surface area contributed by atoms with Crippen LogP contribution in [0, 0.1) is 5.92 Å². The summed E-state index contributed by atoms with van der Waals surface area (Å²) in [5.74, 6) is 2.09. The molecule has 0 saturated carbocycles. The largest absolute Gasteiger partial charge is 0.497 e. The van der Waals surface area contributed by atoms with Gasteiger partial charge in [-0.1, -0.05) is 6.07 Å². The maximum absolute atomic E-state index is 12.1. The van der Waals surface area contributed by atoms with Gasteiger partial charge in [0.1, 0.15) is 11.5 Å². The molecule has 1 aromatic carbocycles. The summed E-state index contributed by atoms with van der Waals surface area (Å²) in [6, 6.07) is 6.26. The number of rotatable bonds is 5. The van der Waals surface area contributed by atoms with E-state index in [4.69, 9.17) is 16.3 Å². The number of carbonyl (C=O) groups excluding carboxylic acids is 1. The lowest BCUT2D eigenvalue weighted by atomic mass is 9.92. The number of halogens is 1. The summed E-state index contributed by atoms with van der Waals surface area (Å²) in [5.41, 5.74) is 2.71. The Kier molecular flexibility index (Phi) is 5.26. The van der Waals surface area contributed by atoms with Gasteiger partial charge in [-0.25, -0.2) is 0 Å². The third-order valence-electron chi connectivity index (χ3n) is 3.95. The Bertz CT molecular complexity index is 442. The van der Waals surface area contributed by atoms with E-state index in [2.05, 4.69) is 12.1 Å². The van der Waals surface area contributed by atoms with Crippen LogP contribution in [0.25, 0.3) is 0 Å². The van der Waals surface area contributed by atoms with Crippen molar-refractivity contribution in [3.8, 4) is 5.75 Å². The summed E-state index contributed by atoms with van der Waals surface area (Å²) in [5, 5.41) is 0. The molecule has 0 N–H and O–H groups in total. The molecule has 0 aliphatic heterocycles. The molecule has 0 aromatic heterocycles. The summed E-state index contributed by atoms with van der Waals surface area (Å²) in [7, 11) is 1.69.